The van der Waals surface area contributed by atoms with E-state index in [9.17, 15) is 14.0 Å². The lowest BCUT2D eigenvalue weighted by molar-refractivity contribution is -0.0117. The van der Waals surface area contributed by atoms with Crippen molar-refractivity contribution in [3.05, 3.63) is 82.6 Å². The van der Waals surface area contributed by atoms with Gasteiger partial charge >= 0.3 is 6.09 Å². The Hall–Kier alpha value is -3.90. The quantitative estimate of drug-likeness (QED) is 0.266. The molecule has 3 N–H and O–H groups in total. The molecule has 1 saturated carbocycles. The number of carbonyl (C=O) groups is 2. The molecule has 8 nitrogen and oxygen atoms in total. The third-order valence-electron chi connectivity index (χ3n) is 8.70. The zero-order chi connectivity index (χ0) is 31.6. The second-order valence-corrected chi connectivity index (χ2v) is 11.6. The highest BCUT2D eigenvalue weighted by Crippen LogP contribution is 2.40. The maximum Gasteiger partial charge on any atom is 0.407 e. The zero-order valence-corrected chi connectivity index (χ0v) is 24.4. The molecule has 2 fully saturated rings. The summed E-state index contributed by atoms with van der Waals surface area (Å²) < 4.78 is 70.6. The molecular weight excluding hydrogens is 580 g/mol. The number of ether oxygens (including phenoxy) is 2. The van der Waals surface area contributed by atoms with Gasteiger partial charge in [0.05, 0.1) is 12.7 Å². The Kier molecular flexibility index (Phi) is 9.31. The lowest BCUT2D eigenvalue weighted by atomic mass is 9.72. The SMILES string of the molecule is COC(=O)N[C@@H]1[C@H](N)C[C@H](c2ccncc2CC(=O)c2ccc(F)c(-c3c(F)cc(C4(F)CCOCC4)cc3F)n2)C[C@@H]1C. The fourth-order valence-corrected chi connectivity index (χ4v) is 6.35. The minimum atomic E-state index is -1.97. The van der Waals surface area contributed by atoms with Crippen LogP contribution >= 0.6 is 0 Å². The molecule has 4 atom stereocenters. The number of halogens is 4. The number of hydrogen-bond donors (Lipinski definition) is 2. The number of nitrogens with two attached hydrogens (primary N) is 1. The average Bonchev–Trinajstić information content (AvgIpc) is 2.99. The number of ketones is 1. The Morgan fingerprint density at radius 2 is 1.80 bits per heavy atom. The summed E-state index contributed by atoms with van der Waals surface area (Å²) in [6.07, 6.45) is 3.56. The molecule has 2 aromatic heterocycles. The van der Waals surface area contributed by atoms with E-state index in [0.717, 1.165) is 29.8 Å². The van der Waals surface area contributed by atoms with Crippen molar-refractivity contribution in [1.82, 2.24) is 15.3 Å². The first-order chi connectivity index (χ1) is 21.0. The molecule has 44 heavy (non-hydrogen) atoms. The molecular formula is C32H34F4N4O4. The number of nitrogens with one attached hydrogen (secondary N) is 1. The number of hydrogen-bond acceptors (Lipinski definition) is 7. The number of carbonyl (C=O) groups excluding carboxylic acids is 2. The van der Waals surface area contributed by atoms with Gasteiger partial charge in [0.1, 0.15) is 34.5 Å². The Morgan fingerprint density at radius 3 is 2.45 bits per heavy atom. The molecule has 0 unspecified atom stereocenters. The van der Waals surface area contributed by atoms with E-state index < -0.39 is 46.3 Å². The summed E-state index contributed by atoms with van der Waals surface area (Å²) in [5, 5.41) is 2.79. The van der Waals surface area contributed by atoms with Crippen molar-refractivity contribution in [2.75, 3.05) is 20.3 Å². The van der Waals surface area contributed by atoms with Gasteiger partial charge in [0.25, 0.3) is 0 Å². The van der Waals surface area contributed by atoms with Gasteiger partial charge in [-0.25, -0.2) is 27.3 Å². The third kappa shape index (κ3) is 6.46. The van der Waals surface area contributed by atoms with Gasteiger partial charge in [-0.15, -0.1) is 0 Å². The van der Waals surface area contributed by atoms with Crippen LogP contribution in [-0.2, 0) is 21.6 Å². The van der Waals surface area contributed by atoms with E-state index in [1.165, 1.54) is 7.11 Å². The number of Topliss-reactive ketones (excluding diaryl/α,β-unsaturated/α-hetero) is 1. The predicted molar refractivity (Wildman–Crippen MR) is 153 cm³/mol. The second kappa shape index (κ2) is 13.0. The summed E-state index contributed by atoms with van der Waals surface area (Å²) in [6.45, 7) is 2.20. The first-order valence-corrected chi connectivity index (χ1v) is 14.5. The van der Waals surface area contributed by atoms with Crippen LogP contribution in [0, 0.1) is 23.4 Å². The van der Waals surface area contributed by atoms with Crippen LogP contribution in [0.2, 0.25) is 0 Å². The van der Waals surface area contributed by atoms with Crippen molar-refractivity contribution in [2.24, 2.45) is 11.7 Å². The van der Waals surface area contributed by atoms with Gasteiger partial charge in [0, 0.05) is 57.0 Å². The fraction of sp³-hybridized carbons (Fsp3) is 0.438. The van der Waals surface area contributed by atoms with Crippen LogP contribution < -0.4 is 11.1 Å². The minimum Gasteiger partial charge on any atom is -0.453 e. The van der Waals surface area contributed by atoms with Gasteiger partial charge in [-0.1, -0.05) is 6.92 Å². The molecule has 0 radical (unpaired) electrons. The molecule has 2 aliphatic rings. The molecule has 0 spiro atoms. The van der Waals surface area contributed by atoms with E-state index in [0.29, 0.717) is 18.4 Å². The molecule has 1 amide bonds. The monoisotopic (exact) mass is 614 g/mol. The highest BCUT2D eigenvalue weighted by Gasteiger charge is 2.37. The fourth-order valence-electron chi connectivity index (χ4n) is 6.35. The molecule has 5 rings (SSSR count). The van der Waals surface area contributed by atoms with Gasteiger partial charge in [0.15, 0.2) is 5.78 Å². The average molecular weight is 615 g/mol. The summed E-state index contributed by atoms with van der Waals surface area (Å²) in [7, 11) is 1.29. The summed E-state index contributed by atoms with van der Waals surface area (Å²) in [6, 6.07) is 4.95. The summed E-state index contributed by atoms with van der Waals surface area (Å²) in [4.78, 5) is 33.4. The molecule has 12 heteroatoms. The topological polar surface area (TPSA) is 116 Å². The minimum absolute atomic E-state index is 0.00999. The smallest absolute Gasteiger partial charge is 0.407 e. The number of alkyl halides is 1. The maximum atomic E-state index is 15.4. The number of alkyl carbamates (subject to hydrolysis) is 1. The van der Waals surface area contributed by atoms with Gasteiger partial charge < -0.3 is 20.5 Å². The van der Waals surface area contributed by atoms with Crippen molar-refractivity contribution in [3.8, 4) is 11.3 Å². The molecule has 3 heterocycles. The van der Waals surface area contributed by atoms with E-state index in [1.807, 2.05) is 13.0 Å². The van der Waals surface area contributed by atoms with Gasteiger partial charge in [-0.3, -0.25) is 9.78 Å². The van der Waals surface area contributed by atoms with Crippen LogP contribution in [-0.4, -0.2) is 54.3 Å². The van der Waals surface area contributed by atoms with E-state index in [-0.39, 0.29) is 67.7 Å². The van der Waals surface area contributed by atoms with Crippen molar-refractivity contribution in [1.29, 1.82) is 0 Å². The first-order valence-electron chi connectivity index (χ1n) is 14.5. The van der Waals surface area contributed by atoms with E-state index in [4.69, 9.17) is 15.2 Å². The number of amides is 1. The van der Waals surface area contributed by atoms with Gasteiger partial charge in [-0.2, -0.15) is 0 Å². The summed E-state index contributed by atoms with van der Waals surface area (Å²) >= 11 is 0. The number of methoxy groups -OCH3 is 1. The maximum absolute atomic E-state index is 15.4. The Balaban J connectivity index is 1.38. The lowest BCUT2D eigenvalue weighted by Gasteiger charge is -2.39. The molecule has 1 aromatic carbocycles. The molecule has 1 aliphatic carbocycles. The van der Waals surface area contributed by atoms with Crippen molar-refractivity contribution in [2.45, 2.75) is 62.7 Å². The Bertz CT molecular complexity index is 1510. The van der Waals surface area contributed by atoms with E-state index in [1.54, 1.807) is 12.4 Å². The summed E-state index contributed by atoms with van der Waals surface area (Å²) in [5.74, 6) is -3.93. The van der Waals surface area contributed by atoms with Gasteiger partial charge in [0.2, 0.25) is 0 Å². The van der Waals surface area contributed by atoms with Crippen molar-refractivity contribution >= 4 is 11.9 Å². The van der Waals surface area contributed by atoms with Crippen LogP contribution in [0.3, 0.4) is 0 Å². The normalized spacial score (nSPS) is 23.2. The van der Waals surface area contributed by atoms with Crippen LogP contribution in [0.1, 0.15) is 65.7 Å². The second-order valence-electron chi connectivity index (χ2n) is 11.6. The lowest BCUT2D eigenvalue weighted by Crippen LogP contribution is -2.54. The zero-order valence-electron chi connectivity index (χ0n) is 24.4. The van der Waals surface area contributed by atoms with Crippen LogP contribution in [0.5, 0.6) is 0 Å². The Morgan fingerprint density at radius 1 is 1.09 bits per heavy atom. The molecule has 0 bridgehead atoms. The predicted octanol–water partition coefficient (Wildman–Crippen LogP) is 5.53. The van der Waals surface area contributed by atoms with E-state index in [2.05, 4.69) is 15.3 Å². The first kappa shape index (κ1) is 31.5. The van der Waals surface area contributed by atoms with Crippen LogP contribution in [0.15, 0.2) is 42.7 Å². The highest BCUT2D eigenvalue weighted by molar-refractivity contribution is 5.96. The molecule has 234 valence electrons. The van der Waals surface area contributed by atoms with E-state index >= 15 is 13.2 Å². The van der Waals surface area contributed by atoms with Crippen molar-refractivity contribution < 1.29 is 36.6 Å². The largest absolute Gasteiger partial charge is 0.453 e. The molecule has 1 saturated heterocycles. The summed E-state index contributed by atoms with van der Waals surface area (Å²) in [5.41, 5.74) is 4.08. The number of benzene rings is 1. The number of rotatable bonds is 7. The highest BCUT2D eigenvalue weighted by atomic mass is 19.1. The third-order valence-corrected chi connectivity index (χ3v) is 8.70. The van der Waals surface area contributed by atoms with Crippen LogP contribution in [0.25, 0.3) is 11.3 Å². The molecule has 3 aromatic rings. The standard InChI is InChI=1S/C32H34F4N4O4/c1-17-11-18(12-25(37)29(17)40-31(42)43-2)21-5-8-38-16-19(21)13-27(41)26-4-3-22(33)30(39-26)28-23(34)14-20(15-24(28)35)32(36)6-9-44-10-7-32/h3-5,8,14-18,25,29H,6-7,9-13,37H2,1-2H3,(H,40,42)/t17-,18+,25+,29-/m0/s1. The van der Waals surface area contributed by atoms with Gasteiger partial charge in [-0.05, 0) is 71.7 Å². The number of aromatic nitrogens is 2. The Labute approximate surface area is 252 Å². The van der Waals surface area contributed by atoms with Crippen molar-refractivity contribution in [3.63, 3.8) is 0 Å². The van der Waals surface area contributed by atoms with Crippen LogP contribution in [0.4, 0.5) is 22.4 Å². The number of nitrogens with zero attached hydrogens (tertiary/aromatic N) is 2. The number of pyridine rings is 2. The molecule has 1 aliphatic heterocycles.